The van der Waals surface area contributed by atoms with Gasteiger partial charge in [-0.2, -0.15) is 0 Å². The van der Waals surface area contributed by atoms with Gasteiger partial charge < -0.3 is 19.7 Å². The highest BCUT2D eigenvalue weighted by Crippen LogP contribution is 2.11. The van der Waals surface area contributed by atoms with Gasteiger partial charge in [-0.25, -0.2) is 0 Å². The maximum Gasteiger partial charge on any atom is 0.0799 e. The van der Waals surface area contributed by atoms with Crippen LogP contribution in [0.25, 0.3) is 0 Å². The maximum absolute atomic E-state index is 9.67. The van der Waals surface area contributed by atoms with Crippen LogP contribution in [-0.4, -0.2) is 46.8 Å². The Balaban J connectivity index is 3.77. The highest BCUT2D eigenvalue weighted by atomic mass is 16.5. The number of hydrogen-bond acceptors (Lipinski definition) is 4. The van der Waals surface area contributed by atoms with Gasteiger partial charge >= 0.3 is 0 Å². The molecule has 104 valence electrons. The number of aliphatic hydroxyl groups is 2. The zero-order chi connectivity index (χ0) is 13.7. The van der Waals surface area contributed by atoms with E-state index in [1.165, 1.54) is 0 Å². The topological polar surface area (TPSA) is 58.9 Å². The summed E-state index contributed by atoms with van der Waals surface area (Å²) in [5.41, 5.74) is -0.540. The molecular weight excluding hydrogens is 220 g/mol. The van der Waals surface area contributed by atoms with Crippen molar-refractivity contribution < 1.29 is 19.7 Å². The van der Waals surface area contributed by atoms with Crippen molar-refractivity contribution in [3.8, 4) is 0 Å². The molecule has 0 aromatic heterocycles. The normalized spacial score (nSPS) is 16.9. The summed E-state index contributed by atoms with van der Waals surface area (Å²) in [6.45, 7) is 12.0. The van der Waals surface area contributed by atoms with E-state index in [0.29, 0.717) is 0 Å². The lowest BCUT2D eigenvalue weighted by Crippen LogP contribution is -2.32. The van der Waals surface area contributed by atoms with Gasteiger partial charge in [0.1, 0.15) is 0 Å². The predicted molar refractivity (Wildman–Crippen MR) is 68.0 cm³/mol. The summed E-state index contributed by atoms with van der Waals surface area (Å²) in [6, 6.07) is 0. The van der Waals surface area contributed by atoms with Crippen LogP contribution >= 0.6 is 0 Å². The van der Waals surface area contributed by atoms with Gasteiger partial charge in [-0.1, -0.05) is 0 Å². The standard InChI is InChI=1S/C13H28O4/c1-12(2,3)16-8-10(14)7-11(15)9-17-13(4,5)6/h10-11,14-15H,7-9H2,1-6H3. The molecule has 0 heterocycles. The van der Waals surface area contributed by atoms with E-state index >= 15 is 0 Å². The van der Waals surface area contributed by atoms with Gasteiger partial charge in [0.15, 0.2) is 0 Å². The maximum atomic E-state index is 9.67. The summed E-state index contributed by atoms with van der Waals surface area (Å²) in [5.74, 6) is 0. The van der Waals surface area contributed by atoms with E-state index in [0.717, 1.165) is 0 Å². The van der Waals surface area contributed by atoms with Gasteiger partial charge in [0, 0.05) is 6.42 Å². The highest BCUT2D eigenvalue weighted by Gasteiger charge is 2.18. The predicted octanol–water partition coefficient (Wildman–Crippen LogP) is 1.73. The molecular formula is C13H28O4. The van der Waals surface area contributed by atoms with Crippen molar-refractivity contribution in [3.05, 3.63) is 0 Å². The summed E-state index contributed by atoms with van der Waals surface area (Å²) in [6.07, 6.45) is -1.05. The third-order valence-electron chi connectivity index (χ3n) is 1.96. The number of aliphatic hydroxyl groups excluding tert-OH is 2. The Bertz CT molecular complexity index is 180. The van der Waals surface area contributed by atoms with Crippen molar-refractivity contribution in [1.29, 1.82) is 0 Å². The lowest BCUT2D eigenvalue weighted by atomic mass is 10.1. The Kier molecular flexibility index (Phi) is 6.62. The third-order valence-corrected chi connectivity index (χ3v) is 1.96. The monoisotopic (exact) mass is 248 g/mol. The van der Waals surface area contributed by atoms with Crippen LogP contribution in [0.2, 0.25) is 0 Å². The fraction of sp³-hybridized carbons (Fsp3) is 1.00. The van der Waals surface area contributed by atoms with Crippen LogP contribution in [0.1, 0.15) is 48.0 Å². The van der Waals surface area contributed by atoms with Crippen LogP contribution in [0.4, 0.5) is 0 Å². The summed E-state index contributed by atoms with van der Waals surface area (Å²) in [4.78, 5) is 0. The largest absolute Gasteiger partial charge is 0.391 e. The number of ether oxygens (including phenoxy) is 2. The molecule has 0 aromatic rings. The molecule has 4 heteroatoms. The van der Waals surface area contributed by atoms with E-state index in [2.05, 4.69) is 0 Å². The lowest BCUT2D eigenvalue weighted by Gasteiger charge is -2.25. The molecule has 0 saturated heterocycles. The molecule has 4 nitrogen and oxygen atoms in total. The van der Waals surface area contributed by atoms with Crippen molar-refractivity contribution in [2.24, 2.45) is 0 Å². The first-order chi connectivity index (χ1) is 7.49. The fourth-order valence-corrected chi connectivity index (χ4v) is 1.14. The molecule has 0 spiro atoms. The van der Waals surface area contributed by atoms with E-state index in [1.54, 1.807) is 0 Å². The van der Waals surface area contributed by atoms with Crippen molar-refractivity contribution in [3.63, 3.8) is 0 Å². The molecule has 0 bridgehead atoms. The first kappa shape index (κ1) is 16.8. The highest BCUT2D eigenvalue weighted by molar-refractivity contribution is 4.68. The van der Waals surface area contributed by atoms with Crippen LogP contribution in [0.3, 0.4) is 0 Å². The first-order valence-corrected chi connectivity index (χ1v) is 6.13. The molecule has 2 N–H and O–H groups in total. The second-order valence-corrected chi connectivity index (χ2v) is 6.39. The number of hydrogen-bond donors (Lipinski definition) is 2. The summed E-state index contributed by atoms with van der Waals surface area (Å²) in [5, 5.41) is 19.3. The van der Waals surface area contributed by atoms with Crippen LogP contribution in [0, 0.1) is 0 Å². The van der Waals surface area contributed by atoms with E-state index in [9.17, 15) is 10.2 Å². The summed E-state index contributed by atoms with van der Waals surface area (Å²) >= 11 is 0. The minimum atomic E-state index is -0.659. The van der Waals surface area contributed by atoms with Crippen molar-refractivity contribution in [2.75, 3.05) is 13.2 Å². The first-order valence-electron chi connectivity index (χ1n) is 6.13. The Hall–Kier alpha value is -0.160. The SMILES string of the molecule is CC(C)(C)OCC(O)CC(O)COC(C)(C)C. The van der Waals surface area contributed by atoms with Crippen LogP contribution in [0.15, 0.2) is 0 Å². The van der Waals surface area contributed by atoms with Gasteiger partial charge in [0.05, 0.1) is 36.6 Å². The van der Waals surface area contributed by atoms with Crippen LogP contribution in [-0.2, 0) is 9.47 Å². The molecule has 2 unspecified atom stereocenters. The Labute approximate surface area is 105 Å². The van der Waals surface area contributed by atoms with Crippen molar-refractivity contribution in [1.82, 2.24) is 0 Å². The number of rotatable bonds is 6. The Morgan fingerprint density at radius 2 is 1.06 bits per heavy atom. The van der Waals surface area contributed by atoms with E-state index < -0.39 is 12.2 Å². The van der Waals surface area contributed by atoms with Crippen molar-refractivity contribution in [2.45, 2.75) is 71.4 Å². The summed E-state index contributed by atoms with van der Waals surface area (Å²) in [7, 11) is 0. The van der Waals surface area contributed by atoms with Gasteiger partial charge in [-0.05, 0) is 41.5 Å². The molecule has 17 heavy (non-hydrogen) atoms. The molecule has 0 amide bonds. The molecule has 0 aromatic carbocycles. The molecule has 0 rings (SSSR count). The van der Waals surface area contributed by atoms with Crippen molar-refractivity contribution >= 4 is 0 Å². The quantitative estimate of drug-likeness (QED) is 0.751. The second-order valence-electron chi connectivity index (χ2n) is 6.39. The minimum absolute atomic E-state index is 0.232. The minimum Gasteiger partial charge on any atom is -0.391 e. The van der Waals surface area contributed by atoms with E-state index in [1.807, 2.05) is 41.5 Å². The average Bonchev–Trinajstić information content (AvgIpc) is 2.09. The average molecular weight is 248 g/mol. The lowest BCUT2D eigenvalue weighted by molar-refractivity contribution is -0.0827. The fourth-order valence-electron chi connectivity index (χ4n) is 1.14. The molecule has 0 aliphatic carbocycles. The van der Waals surface area contributed by atoms with Gasteiger partial charge in [0.25, 0.3) is 0 Å². The van der Waals surface area contributed by atoms with Gasteiger partial charge in [-0.15, -0.1) is 0 Å². The smallest absolute Gasteiger partial charge is 0.0799 e. The van der Waals surface area contributed by atoms with Gasteiger partial charge in [0.2, 0.25) is 0 Å². The second kappa shape index (κ2) is 6.69. The third kappa shape index (κ3) is 12.1. The zero-order valence-electron chi connectivity index (χ0n) is 12.0. The van der Waals surface area contributed by atoms with Crippen LogP contribution < -0.4 is 0 Å². The molecule has 0 saturated carbocycles. The van der Waals surface area contributed by atoms with Crippen LogP contribution in [0.5, 0.6) is 0 Å². The van der Waals surface area contributed by atoms with Gasteiger partial charge in [-0.3, -0.25) is 0 Å². The Morgan fingerprint density at radius 3 is 1.29 bits per heavy atom. The molecule has 2 atom stereocenters. The summed E-state index contributed by atoms with van der Waals surface area (Å²) < 4.78 is 10.9. The molecule has 0 fully saturated rings. The molecule has 0 radical (unpaired) electrons. The zero-order valence-corrected chi connectivity index (χ0v) is 12.0. The van der Waals surface area contributed by atoms with E-state index in [4.69, 9.17) is 9.47 Å². The Morgan fingerprint density at radius 1 is 0.765 bits per heavy atom. The molecule has 0 aliphatic heterocycles. The molecule has 0 aliphatic rings. The van der Waals surface area contributed by atoms with E-state index in [-0.39, 0.29) is 30.8 Å².